The molecule has 0 amide bonds. The number of nitrogens with one attached hydrogen (secondary N) is 1. The normalized spacial score (nSPS) is 9.36. The quantitative estimate of drug-likeness (QED) is 0.767. The topological polar surface area (TPSA) is 21.3 Å². The number of anilines is 1. The van der Waals surface area contributed by atoms with E-state index >= 15 is 0 Å². The van der Waals surface area contributed by atoms with Crippen molar-refractivity contribution in [1.82, 2.24) is 0 Å². The SMILES string of the molecule is COc1cccc(C)c1NBr. The van der Waals surface area contributed by atoms with Gasteiger partial charge in [0, 0.05) is 16.1 Å². The molecule has 1 rings (SSSR count). The second kappa shape index (κ2) is 3.62. The van der Waals surface area contributed by atoms with Gasteiger partial charge in [-0.25, -0.2) is 0 Å². The van der Waals surface area contributed by atoms with Gasteiger partial charge in [-0.05, 0) is 18.6 Å². The summed E-state index contributed by atoms with van der Waals surface area (Å²) in [4.78, 5) is 0. The second-order valence-electron chi connectivity index (χ2n) is 2.25. The van der Waals surface area contributed by atoms with Crippen molar-refractivity contribution in [3.63, 3.8) is 0 Å². The largest absolute Gasteiger partial charge is 0.495 e. The van der Waals surface area contributed by atoms with Crippen molar-refractivity contribution in [1.29, 1.82) is 0 Å². The Labute approximate surface area is 74.9 Å². The lowest BCUT2D eigenvalue weighted by molar-refractivity contribution is 0.417. The summed E-state index contributed by atoms with van der Waals surface area (Å²) in [6.45, 7) is 2.02. The van der Waals surface area contributed by atoms with Crippen LogP contribution in [0.25, 0.3) is 0 Å². The van der Waals surface area contributed by atoms with Crippen molar-refractivity contribution < 1.29 is 4.74 Å². The zero-order valence-electron chi connectivity index (χ0n) is 6.52. The lowest BCUT2D eigenvalue weighted by Crippen LogP contribution is -1.90. The third kappa shape index (κ3) is 1.66. The molecule has 0 bridgehead atoms. The van der Waals surface area contributed by atoms with Crippen LogP contribution < -0.4 is 9.08 Å². The molecule has 0 spiro atoms. The minimum Gasteiger partial charge on any atom is -0.495 e. The maximum Gasteiger partial charge on any atom is 0.143 e. The highest BCUT2D eigenvalue weighted by atomic mass is 79.9. The second-order valence-corrected chi connectivity index (χ2v) is 2.64. The highest BCUT2D eigenvalue weighted by Crippen LogP contribution is 2.28. The van der Waals surface area contributed by atoms with Crippen molar-refractivity contribution in [2.24, 2.45) is 0 Å². The maximum absolute atomic E-state index is 5.12. The van der Waals surface area contributed by atoms with Crippen molar-refractivity contribution in [3.05, 3.63) is 23.8 Å². The zero-order chi connectivity index (χ0) is 8.27. The average Bonchev–Trinajstić information content (AvgIpc) is 2.04. The lowest BCUT2D eigenvalue weighted by Gasteiger charge is -2.08. The van der Waals surface area contributed by atoms with Crippen LogP contribution in [0.5, 0.6) is 5.75 Å². The van der Waals surface area contributed by atoms with Gasteiger partial charge in [-0.3, -0.25) is 0 Å². The highest BCUT2D eigenvalue weighted by Gasteiger charge is 2.02. The minimum atomic E-state index is 0.849. The van der Waals surface area contributed by atoms with Crippen LogP contribution in [-0.2, 0) is 0 Å². The van der Waals surface area contributed by atoms with Gasteiger partial charge in [-0.2, -0.15) is 0 Å². The summed E-state index contributed by atoms with van der Waals surface area (Å²) in [6, 6.07) is 5.89. The van der Waals surface area contributed by atoms with E-state index in [0.717, 1.165) is 17.0 Å². The van der Waals surface area contributed by atoms with E-state index in [1.165, 1.54) is 0 Å². The molecular weight excluding hydrogens is 206 g/mol. The van der Waals surface area contributed by atoms with Crippen molar-refractivity contribution in [3.8, 4) is 5.75 Å². The fourth-order valence-corrected chi connectivity index (χ4v) is 1.44. The summed E-state index contributed by atoms with van der Waals surface area (Å²) in [5, 5.41) is 0. The standard InChI is InChI=1S/C8H10BrNO/c1-6-4-3-5-7(11-2)8(6)10-9/h3-5,10H,1-2H3. The Morgan fingerprint density at radius 3 is 2.64 bits per heavy atom. The van der Waals surface area contributed by atoms with Crippen LogP contribution in [0.4, 0.5) is 5.69 Å². The number of para-hydroxylation sites is 1. The molecule has 1 aromatic rings. The molecule has 0 radical (unpaired) electrons. The van der Waals surface area contributed by atoms with Crippen molar-refractivity contribution in [2.75, 3.05) is 11.5 Å². The van der Waals surface area contributed by atoms with Crippen LogP contribution in [0.15, 0.2) is 18.2 Å². The fraction of sp³-hybridized carbons (Fsp3) is 0.250. The van der Waals surface area contributed by atoms with Gasteiger partial charge in [-0.15, -0.1) is 0 Å². The van der Waals surface area contributed by atoms with Crippen LogP contribution in [0, 0.1) is 6.92 Å². The highest BCUT2D eigenvalue weighted by molar-refractivity contribution is 9.10. The van der Waals surface area contributed by atoms with E-state index in [9.17, 15) is 0 Å². The predicted molar refractivity (Wildman–Crippen MR) is 50.3 cm³/mol. The molecule has 0 heterocycles. The molecule has 0 unspecified atom stereocenters. The Balaban J connectivity index is 3.13. The lowest BCUT2D eigenvalue weighted by atomic mass is 10.2. The molecule has 0 saturated heterocycles. The Bertz CT molecular complexity index is 250. The molecule has 60 valence electrons. The first-order valence-electron chi connectivity index (χ1n) is 3.30. The van der Waals surface area contributed by atoms with Gasteiger partial charge in [0.25, 0.3) is 0 Å². The first kappa shape index (κ1) is 8.40. The molecule has 3 heteroatoms. The van der Waals surface area contributed by atoms with Crippen molar-refractivity contribution in [2.45, 2.75) is 6.92 Å². The first-order chi connectivity index (χ1) is 5.29. The van der Waals surface area contributed by atoms with Crippen LogP contribution in [0.1, 0.15) is 5.56 Å². The molecule has 0 saturated carbocycles. The zero-order valence-corrected chi connectivity index (χ0v) is 8.10. The Morgan fingerprint density at radius 2 is 2.18 bits per heavy atom. The molecule has 0 aromatic heterocycles. The molecule has 1 aromatic carbocycles. The number of benzene rings is 1. The van der Waals surface area contributed by atoms with E-state index in [1.54, 1.807) is 7.11 Å². The molecule has 0 fully saturated rings. The van der Waals surface area contributed by atoms with Crippen LogP contribution >= 0.6 is 16.1 Å². The minimum absolute atomic E-state index is 0.849. The summed E-state index contributed by atoms with van der Waals surface area (Å²) in [7, 11) is 1.66. The third-order valence-corrected chi connectivity index (χ3v) is 1.95. The number of aryl methyl sites for hydroxylation is 1. The van der Waals surface area contributed by atoms with E-state index in [4.69, 9.17) is 4.74 Å². The number of ether oxygens (including phenoxy) is 1. The summed E-state index contributed by atoms with van der Waals surface area (Å²) in [5.41, 5.74) is 2.14. The van der Waals surface area contributed by atoms with Gasteiger partial charge >= 0.3 is 0 Å². The van der Waals surface area contributed by atoms with E-state index < -0.39 is 0 Å². The molecule has 1 N–H and O–H groups in total. The Morgan fingerprint density at radius 1 is 1.45 bits per heavy atom. The molecule has 0 aliphatic carbocycles. The predicted octanol–water partition coefficient (Wildman–Crippen LogP) is 2.73. The monoisotopic (exact) mass is 215 g/mol. The third-order valence-electron chi connectivity index (χ3n) is 1.55. The molecule has 11 heavy (non-hydrogen) atoms. The van der Waals surface area contributed by atoms with E-state index in [-0.39, 0.29) is 0 Å². The van der Waals surface area contributed by atoms with Gasteiger partial charge in [0.15, 0.2) is 0 Å². The van der Waals surface area contributed by atoms with E-state index in [2.05, 4.69) is 20.5 Å². The number of halogens is 1. The molecule has 0 atom stereocenters. The van der Waals surface area contributed by atoms with Gasteiger partial charge < -0.3 is 9.08 Å². The summed E-state index contributed by atoms with van der Waals surface area (Å²) < 4.78 is 8.03. The molecular formula is C8H10BrNO. The smallest absolute Gasteiger partial charge is 0.143 e. The van der Waals surface area contributed by atoms with Gasteiger partial charge in [-0.1, -0.05) is 12.1 Å². The van der Waals surface area contributed by atoms with E-state index in [1.807, 2.05) is 25.1 Å². The Hall–Kier alpha value is -0.700. The number of hydrogen-bond donors (Lipinski definition) is 1. The summed E-state index contributed by atoms with van der Waals surface area (Å²) in [6.07, 6.45) is 0. The fourth-order valence-electron chi connectivity index (χ4n) is 0.932. The van der Waals surface area contributed by atoms with Crippen molar-refractivity contribution >= 4 is 21.8 Å². The number of hydrogen-bond acceptors (Lipinski definition) is 2. The van der Waals surface area contributed by atoms with Gasteiger partial charge in [0.1, 0.15) is 5.75 Å². The first-order valence-corrected chi connectivity index (χ1v) is 4.09. The van der Waals surface area contributed by atoms with Gasteiger partial charge in [0.05, 0.1) is 12.8 Å². The molecule has 0 aliphatic rings. The number of methoxy groups -OCH3 is 1. The molecule has 2 nitrogen and oxygen atoms in total. The van der Waals surface area contributed by atoms with E-state index in [0.29, 0.717) is 0 Å². The number of rotatable bonds is 2. The molecule has 0 aliphatic heterocycles. The summed E-state index contributed by atoms with van der Waals surface area (Å²) in [5.74, 6) is 0.849. The van der Waals surface area contributed by atoms with Gasteiger partial charge in [0.2, 0.25) is 0 Å². The maximum atomic E-state index is 5.12. The van der Waals surface area contributed by atoms with Crippen LogP contribution in [-0.4, -0.2) is 7.11 Å². The average molecular weight is 216 g/mol. The van der Waals surface area contributed by atoms with Crippen LogP contribution in [0.2, 0.25) is 0 Å². The Kier molecular flexibility index (Phi) is 2.76. The van der Waals surface area contributed by atoms with Crippen LogP contribution in [0.3, 0.4) is 0 Å². The summed E-state index contributed by atoms with van der Waals surface area (Å²) >= 11 is 3.17.